The van der Waals surface area contributed by atoms with Gasteiger partial charge in [0.15, 0.2) is 0 Å². The minimum absolute atomic E-state index is 0.185. The summed E-state index contributed by atoms with van der Waals surface area (Å²) in [4.78, 5) is 11.0. The lowest BCUT2D eigenvalue weighted by molar-refractivity contribution is -0.121. The quantitative estimate of drug-likeness (QED) is 0.602. The minimum atomic E-state index is 0.185. The summed E-state index contributed by atoms with van der Waals surface area (Å²) in [5, 5.41) is 2.13. The molecule has 1 heterocycles. The molecular weight excluding hydrogens is 140 g/mol. The zero-order valence-electron chi connectivity index (χ0n) is 6.84. The largest absolute Gasteiger partial charge is 0.288 e. The van der Waals surface area contributed by atoms with Gasteiger partial charge in [-0.25, -0.2) is 5.01 Å². The van der Waals surface area contributed by atoms with E-state index in [2.05, 4.69) is 17.4 Å². The predicted octanol–water partition coefficient (Wildman–Crippen LogP) is 0.664. The maximum atomic E-state index is 11.0. The highest BCUT2D eigenvalue weighted by Gasteiger charge is 2.34. The van der Waals surface area contributed by atoms with Gasteiger partial charge in [0.2, 0.25) is 5.91 Å². The number of hydrogen-bond acceptors (Lipinski definition) is 2. The number of hydrogen-bond donors (Lipinski definition) is 1. The van der Waals surface area contributed by atoms with Crippen LogP contribution in [-0.4, -0.2) is 23.0 Å². The monoisotopic (exact) mass is 154 g/mol. The molecule has 1 saturated heterocycles. The Kier molecular flexibility index (Phi) is 1.60. The van der Waals surface area contributed by atoms with Gasteiger partial charge >= 0.3 is 0 Å². The summed E-state index contributed by atoms with van der Waals surface area (Å²) >= 11 is 0. The highest BCUT2D eigenvalue weighted by atomic mass is 16.2. The highest BCUT2D eigenvalue weighted by Crippen LogP contribution is 2.27. The van der Waals surface area contributed by atoms with Crippen LogP contribution < -0.4 is 5.43 Å². The summed E-state index contributed by atoms with van der Waals surface area (Å²) in [5.41, 5.74) is 2.90. The van der Waals surface area contributed by atoms with Crippen molar-refractivity contribution in [3.8, 4) is 0 Å². The van der Waals surface area contributed by atoms with E-state index in [1.807, 2.05) is 0 Å². The molecule has 2 aliphatic rings. The Labute approximate surface area is 66.7 Å². The third kappa shape index (κ3) is 1.13. The molecule has 1 aliphatic heterocycles. The lowest BCUT2D eigenvalue weighted by atomic mass is 9.92. The summed E-state index contributed by atoms with van der Waals surface area (Å²) in [6.45, 7) is 2.11. The second-order valence-corrected chi connectivity index (χ2v) is 3.58. The fraction of sp³-hybridized carbons (Fsp3) is 0.875. The Bertz CT molecular complexity index is 177. The maximum absolute atomic E-state index is 11.0. The van der Waals surface area contributed by atoms with Crippen molar-refractivity contribution in [1.29, 1.82) is 0 Å². The van der Waals surface area contributed by atoms with Gasteiger partial charge in [-0.2, -0.15) is 0 Å². The maximum Gasteiger partial charge on any atom is 0.235 e. The number of hydrazine groups is 1. The van der Waals surface area contributed by atoms with E-state index >= 15 is 0 Å². The minimum Gasteiger partial charge on any atom is -0.288 e. The molecule has 0 aromatic carbocycles. The molecule has 1 saturated carbocycles. The fourth-order valence-electron chi connectivity index (χ4n) is 1.78. The van der Waals surface area contributed by atoms with E-state index in [0.29, 0.717) is 18.5 Å². The molecule has 1 unspecified atom stereocenters. The first-order chi connectivity index (χ1) is 5.27. The van der Waals surface area contributed by atoms with Gasteiger partial charge in [-0.15, -0.1) is 0 Å². The Morgan fingerprint density at radius 2 is 2.27 bits per heavy atom. The van der Waals surface area contributed by atoms with Gasteiger partial charge in [-0.05, 0) is 19.8 Å². The first-order valence-corrected chi connectivity index (χ1v) is 4.35. The average Bonchev–Trinajstić information content (AvgIpc) is 2.07. The Balaban J connectivity index is 1.97. The molecule has 2 rings (SSSR count). The summed E-state index contributed by atoms with van der Waals surface area (Å²) in [6.07, 6.45) is 4.51. The Morgan fingerprint density at radius 3 is 2.64 bits per heavy atom. The molecule has 0 aromatic heterocycles. The first kappa shape index (κ1) is 7.10. The zero-order valence-corrected chi connectivity index (χ0v) is 6.84. The molecule has 0 spiro atoms. The molecule has 3 heteroatoms. The molecule has 3 nitrogen and oxygen atoms in total. The zero-order chi connectivity index (χ0) is 7.84. The van der Waals surface area contributed by atoms with Gasteiger partial charge in [-0.1, -0.05) is 6.42 Å². The van der Waals surface area contributed by atoms with Crippen LogP contribution in [0.5, 0.6) is 0 Å². The number of carbonyl (C=O) groups excluding carboxylic acids is 1. The lowest BCUT2D eigenvalue weighted by Gasteiger charge is -2.36. The second-order valence-electron chi connectivity index (χ2n) is 3.58. The van der Waals surface area contributed by atoms with Crippen LogP contribution in [0, 0.1) is 0 Å². The SMILES string of the molecule is CC1CC(=O)NN1C1CCC1. The van der Waals surface area contributed by atoms with Gasteiger partial charge in [0, 0.05) is 18.5 Å². The number of carbonyl (C=O) groups is 1. The predicted molar refractivity (Wildman–Crippen MR) is 41.7 cm³/mol. The van der Waals surface area contributed by atoms with Gasteiger partial charge in [0.25, 0.3) is 0 Å². The van der Waals surface area contributed by atoms with E-state index in [1.165, 1.54) is 19.3 Å². The first-order valence-electron chi connectivity index (χ1n) is 4.35. The topological polar surface area (TPSA) is 32.3 Å². The van der Waals surface area contributed by atoms with E-state index < -0.39 is 0 Å². The van der Waals surface area contributed by atoms with E-state index in [0.717, 1.165) is 0 Å². The van der Waals surface area contributed by atoms with Crippen molar-refractivity contribution in [3.05, 3.63) is 0 Å². The van der Waals surface area contributed by atoms with Crippen molar-refractivity contribution in [2.24, 2.45) is 0 Å². The van der Waals surface area contributed by atoms with E-state index in [-0.39, 0.29) is 5.91 Å². The Morgan fingerprint density at radius 1 is 1.55 bits per heavy atom. The Hall–Kier alpha value is -0.570. The van der Waals surface area contributed by atoms with Crippen LogP contribution in [0.15, 0.2) is 0 Å². The van der Waals surface area contributed by atoms with Crippen LogP contribution in [0.25, 0.3) is 0 Å². The fourth-order valence-corrected chi connectivity index (χ4v) is 1.78. The molecular formula is C8H14N2O. The number of amides is 1. The van der Waals surface area contributed by atoms with Crippen molar-refractivity contribution in [1.82, 2.24) is 10.4 Å². The molecule has 62 valence electrons. The summed E-state index contributed by atoms with van der Waals surface area (Å²) in [6, 6.07) is 1.05. The normalized spacial score (nSPS) is 33.5. The lowest BCUT2D eigenvalue weighted by Crippen LogP contribution is -2.48. The van der Waals surface area contributed by atoms with Gasteiger partial charge in [-0.3, -0.25) is 10.2 Å². The van der Waals surface area contributed by atoms with Crippen molar-refractivity contribution in [2.75, 3.05) is 0 Å². The van der Waals surface area contributed by atoms with Crippen molar-refractivity contribution < 1.29 is 4.79 Å². The molecule has 0 bridgehead atoms. The van der Waals surface area contributed by atoms with E-state index in [9.17, 15) is 4.79 Å². The summed E-state index contributed by atoms with van der Waals surface area (Å²) in [5.74, 6) is 0.185. The van der Waals surface area contributed by atoms with Crippen LogP contribution in [0.2, 0.25) is 0 Å². The van der Waals surface area contributed by atoms with Crippen LogP contribution in [-0.2, 0) is 4.79 Å². The number of rotatable bonds is 1. The smallest absolute Gasteiger partial charge is 0.235 e. The molecule has 0 radical (unpaired) electrons. The molecule has 2 fully saturated rings. The van der Waals surface area contributed by atoms with Gasteiger partial charge in [0.05, 0.1) is 0 Å². The van der Waals surface area contributed by atoms with Crippen molar-refractivity contribution >= 4 is 5.91 Å². The molecule has 1 atom stereocenters. The number of nitrogens with zero attached hydrogens (tertiary/aromatic N) is 1. The summed E-state index contributed by atoms with van der Waals surface area (Å²) in [7, 11) is 0. The average molecular weight is 154 g/mol. The van der Waals surface area contributed by atoms with Crippen molar-refractivity contribution in [3.63, 3.8) is 0 Å². The highest BCUT2D eigenvalue weighted by molar-refractivity contribution is 5.78. The molecule has 11 heavy (non-hydrogen) atoms. The van der Waals surface area contributed by atoms with Crippen LogP contribution in [0.1, 0.15) is 32.6 Å². The van der Waals surface area contributed by atoms with Crippen LogP contribution >= 0.6 is 0 Å². The van der Waals surface area contributed by atoms with E-state index in [1.54, 1.807) is 0 Å². The number of nitrogens with one attached hydrogen (secondary N) is 1. The third-order valence-corrected chi connectivity index (χ3v) is 2.68. The van der Waals surface area contributed by atoms with Crippen LogP contribution in [0.3, 0.4) is 0 Å². The third-order valence-electron chi connectivity index (χ3n) is 2.68. The van der Waals surface area contributed by atoms with Crippen LogP contribution in [0.4, 0.5) is 0 Å². The molecule has 0 aromatic rings. The van der Waals surface area contributed by atoms with E-state index in [4.69, 9.17) is 0 Å². The van der Waals surface area contributed by atoms with Gasteiger partial charge in [0.1, 0.15) is 0 Å². The molecule has 1 amide bonds. The molecule has 1 N–H and O–H groups in total. The summed E-state index contributed by atoms with van der Waals surface area (Å²) < 4.78 is 0. The van der Waals surface area contributed by atoms with Gasteiger partial charge < -0.3 is 0 Å². The van der Waals surface area contributed by atoms with Crippen molar-refractivity contribution in [2.45, 2.75) is 44.7 Å². The second kappa shape index (κ2) is 2.48. The molecule has 1 aliphatic carbocycles. The standard InChI is InChI=1S/C8H14N2O/c1-6-5-8(11)9-10(6)7-3-2-4-7/h6-7H,2-5H2,1H3,(H,9,11).